The van der Waals surface area contributed by atoms with Crippen molar-refractivity contribution in [1.82, 2.24) is 4.90 Å². The second kappa shape index (κ2) is 8.63. The van der Waals surface area contributed by atoms with E-state index in [1.807, 2.05) is 23.1 Å². The fourth-order valence-electron chi connectivity index (χ4n) is 4.21. The van der Waals surface area contributed by atoms with E-state index >= 15 is 0 Å². The first-order chi connectivity index (χ1) is 11.8. The topological polar surface area (TPSA) is 49.8 Å². The quantitative estimate of drug-likeness (QED) is 0.816. The first kappa shape index (κ1) is 17.4. The summed E-state index contributed by atoms with van der Waals surface area (Å²) in [6, 6.07) is 10.4. The van der Waals surface area contributed by atoms with Gasteiger partial charge in [0.25, 0.3) is 0 Å². The van der Waals surface area contributed by atoms with Crippen LogP contribution >= 0.6 is 0 Å². The van der Waals surface area contributed by atoms with Crippen molar-refractivity contribution in [1.29, 1.82) is 0 Å². The van der Waals surface area contributed by atoms with Gasteiger partial charge in [0, 0.05) is 18.5 Å². The highest BCUT2D eigenvalue weighted by molar-refractivity contribution is 5.78. The maximum absolute atomic E-state index is 12.5. The minimum absolute atomic E-state index is 0.0864. The zero-order valence-corrected chi connectivity index (χ0v) is 14.4. The van der Waals surface area contributed by atoms with Crippen molar-refractivity contribution in [3.8, 4) is 0 Å². The Balaban J connectivity index is 1.45. The lowest BCUT2D eigenvalue weighted by atomic mass is 9.80. The van der Waals surface area contributed by atoms with Crippen LogP contribution in [0.1, 0.15) is 44.1 Å². The van der Waals surface area contributed by atoms with Crippen LogP contribution in [0.25, 0.3) is 0 Å². The summed E-state index contributed by atoms with van der Waals surface area (Å²) in [7, 11) is 0. The molecular formula is C20H29NO3. The summed E-state index contributed by atoms with van der Waals surface area (Å²) in [5.41, 5.74) is 1.23. The molecule has 0 bridgehead atoms. The molecule has 1 aromatic carbocycles. The summed E-state index contributed by atoms with van der Waals surface area (Å²) in [6.45, 7) is 1.54. The van der Waals surface area contributed by atoms with Crippen molar-refractivity contribution in [3.63, 3.8) is 0 Å². The van der Waals surface area contributed by atoms with Gasteiger partial charge in [-0.05, 0) is 37.7 Å². The Morgan fingerprint density at radius 1 is 1.12 bits per heavy atom. The van der Waals surface area contributed by atoms with Gasteiger partial charge < -0.3 is 14.7 Å². The number of rotatable bonds is 6. The predicted molar refractivity (Wildman–Crippen MR) is 93.7 cm³/mol. The summed E-state index contributed by atoms with van der Waals surface area (Å²) in [4.78, 5) is 14.5. The Labute approximate surface area is 144 Å². The van der Waals surface area contributed by atoms with Gasteiger partial charge in [0.05, 0.1) is 12.7 Å². The largest absolute Gasteiger partial charge is 0.393 e. The van der Waals surface area contributed by atoms with E-state index in [0.29, 0.717) is 6.61 Å². The molecule has 1 aliphatic carbocycles. The van der Waals surface area contributed by atoms with Crippen molar-refractivity contribution in [3.05, 3.63) is 35.9 Å². The highest BCUT2D eigenvalue weighted by Gasteiger charge is 2.38. The van der Waals surface area contributed by atoms with E-state index in [0.717, 1.165) is 45.1 Å². The van der Waals surface area contributed by atoms with E-state index in [1.165, 1.54) is 12.0 Å². The lowest BCUT2D eigenvalue weighted by Gasteiger charge is -2.37. The minimum Gasteiger partial charge on any atom is -0.393 e. The second-order valence-corrected chi connectivity index (χ2v) is 7.10. The summed E-state index contributed by atoms with van der Waals surface area (Å²) in [5, 5.41) is 10.3. The molecule has 0 radical (unpaired) electrons. The number of ether oxygens (including phenoxy) is 1. The van der Waals surface area contributed by atoms with E-state index in [-0.39, 0.29) is 30.6 Å². The molecule has 24 heavy (non-hydrogen) atoms. The molecule has 2 aliphatic rings. The number of hydrogen-bond acceptors (Lipinski definition) is 3. The highest BCUT2D eigenvalue weighted by Crippen LogP contribution is 2.34. The van der Waals surface area contributed by atoms with E-state index in [1.54, 1.807) is 0 Å². The molecule has 1 saturated carbocycles. The first-order valence-corrected chi connectivity index (χ1v) is 9.35. The smallest absolute Gasteiger partial charge is 0.248 e. The van der Waals surface area contributed by atoms with Crippen LogP contribution in [-0.2, 0) is 16.0 Å². The first-order valence-electron chi connectivity index (χ1n) is 9.35. The van der Waals surface area contributed by atoms with Crippen LogP contribution in [0.4, 0.5) is 0 Å². The van der Waals surface area contributed by atoms with Gasteiger partial charge in [-0.15, -0.1) is 0 Å². The average molecular weight is 331 g/mol. The Morgan fingerprint density at radius 2 is 1.92 bits per heavy atom. The van der Waals surface area contributed by atoms with Gasteiger partial charge in [0.1, 0.15) is 6.61 Å². The summed E-state index contributed by atoms with van der Waals surface area (Å²) >= 11 is 0. The molecule has 1 aliphatic heterocycles. The van der Waals surface area contributed by atoms with Gasteiger partial charge in [-0.1, -0.05) is 43.2 Å². The summed E-state index contributed by atoms with van der Waals surface area (Å²) in [6.07, 6.45) is 6.88. The van der Waals surface area contributed by atoms with Crippen LogP contribution in [0.15, 0.2) is 30.3 Å². The van der Waals surface area contributed by atoms with Crippen LogP contribution in [-0.4, -0.2) is 47.8 Å². The summed E-state index contributed by atoms with van der Waals surface area (Å²) in [5.74, 6) is 0.345. The molecule has 0 aromatic heterocycles. The third-order valence-corrected chi connectivity index (χ3v) is 5.50. The molecule has 1 amide bonds. The number of likely N-dealkylation sites (tertiary alicyclic amines) is 1. The van der Waals surface area contributed by atoms with Crippen LogP contribution in [0.2, 0.25) is 0 Å². The molecule has 0 unspecified atom stereocenters. The fourth-order valence-corrected chi connectivity index (χ4v) is 4.21. The molecule has 132 valence electrons. The number of aliphatic hydroxyl groups excluding tert-OH is 1. The Kier molecular flexibility index (Phi) is 6.27. The van der Waals surface area contributed by atoms with Gasteiger partial charge in [-0.25, -0.2) is 0 Å². The second-order valence-electron chi connectivity index (χ2n) is 7.10. The van der Waals surface area contributed by atoms with Crippen LogP contribution in [0, 0.1) is 5.92 Å². The van der Waals surface area contributed by atoms with Crippen LogP contribution < -0.4 is 0 Å². The van der Waals surface area contributed by atoms with Gasteiger partial charge in [-0.2, -0.15) is 0 Å². The average Bonchev–Trinajstić information content (AvgIpc) is 3.09. The normalized spacial score (nSPS) is 27.4. The van der Waals surface area contributed by atoms with Crippen molar-refractivity contribution in [2.24, 2.45) is 5.92 Å². The van der Waals surface area contributed by atoms with Crippen LogP contribution in [0.5, 0.6) is 0 Å². The van der Waals surface area contributed by atoms with Gasteiger partial charge in [0.15, 0.2) is 0 Å². The van der Waals surface area contributed by atoms with Crippen LogP contribution in [0.3, 0.4) is 0 Å². The number of benzene rings is 1. The molecule has 1 saturated heterocycles. The molecule has 0 spiro atoms. The molecule has 1 heterocycles. The lowest BCUT2D eigenvalue weighted by molar-refractivity contribution is -0.139. The van der Waals surface area contributed by atoms with Gasteiger partial charge >= 0.3 is 0 Å². The molecule has 4 nitrogen and oxygen atoms in total. The van der Waals surface area contributed by atoms with Gasteiger partial charge in [-0.3, -0.25) is 4.79 Å². The lowest BCUT2D eigenvalue weighted by Crippen LogP contribution is -2.46. The SMILES string of the molecule is O=C(COCCc1ccccc1)N1CCC[C@@H]1[C@H]1CCCC[C@@H]1O. The minimum atomic E-state index is -0.240. The number of carbonyl (C=O) groups excluding carboxylic acids is 1. The molecule has 4 heteroatoms. The number of carbonyl (C=O) groups is 1. The molecule has 1 aromatic rings. The van der Waals surface area contributed by atoms with Crippen molar-refractivity contribution >= 4 is 5.91 Å². The van der Waals surface area contributed by atoms with E-state index in [2.05, 4.69) is 12.1 Å². The highest BCUT2D eigenvalue weighted by atomic mass is 16.5. The predicted octanol–water partition coefficient (Wildman–Crippen LogP) is 2.79. The number of aliphatic hydroxyl groups is 1. The number of amides is 1. The third-order valence-electron chi connectivity index (χ3n) is 5.50. The monoisotopic (exact) mass is 331 g/mol. The van der Waals surface area contributed by atoms with E-state index in [9.17, 15) is 9.90 Å². The third kappa shape index (κ3) is 4.37. The number of hydrogen-bond donors (Lipinski definition) is 1. The Morgan fingerprint density at radius 3 is 2.71 bits per heavy atom. The molecule has 1 N–H and O–H groups in total. The van der Waals surface area contributed by atoms with Gasteiger partial charge in [0.2, 0.25) is 5.91 Å². The van der Waals surface area contributed by atoms with Crippen molar-refractivity contribution < 1.29 is 14.6 Å². The molecule has 3 rings (SSSR count). The number of nitrogens with zero attached hydrogens (tertiary/aromatic N) is 1. The molecular weight excluding hydrogens is 302 g/mol. The zero-order valence-electron chi connectivity index (χ0n) is 14.4. The maximum atomic E-state index is 12.5. The fraction of sp³-hybridized carbons (Fsp3) is 0.650. The van der Waals surface area contributed by atoms with E-state index < -0.39 is 0 Å². The maximum Gasteiger partial charge on any atom is 0.248 e. The van der Waals surface area contributed by atoms with E-state index in [4.69, 9.17) is 4.74 Å². The Bertz CT molecular complexity index is 519. The zero-order chi connectivity index (χ0) is 16.8. The standard InChI is InChI=1S/C20H29NO3/c22-19-11-5-4-9-17(19)18-10-6-13-21(18)20(23)15-24-14-12-16-7-2-1-3-8-16/h1-3,7-8,17-19,22H,4-6,9-15H2/t17-,18-,19+/m1/s1. The molecule has 2 fully saturated rings. The Hall–Kier alpha value is -1.39. The molecule has 3 atom stereocenters. The van der Waals surface area contributed by atoms with Crippen molar-refractivity contribution in [2.45, 2.75) is 57.1 Å². The summed E-state index contributed by atoms with van der Waals surface area (Å²) < 4.78 is 5.62. The van der Waals surface area contributed by atoms with Crippen molar-refractivity contribution in [2.75, 3.05) is 19.8 Å².